The van der Waals surface area contributed by atoms with Crippen LogP contribution in [0.3, 0.4) is 0 Å². The van der Waals surface area contributed by atoms with Gasteiger partial charge in [0, 0.05) is 40.9 Å². The summed E-state index contributed by atoms with van der Waals surface area (Å²) < 4.78 is 11.2. The van der Waals surface area contributed by atoms with Gasteiger partial charge in [-0.2, -0.15) is 0 Å². The molecule has 2 rings (SSSR count). The lowest BCUT2D eigenvalue weighted by Crippen LogP contribution is -2.48. The number of carbonyl (C=O) groups is 2. The van der Waals surface area contributed by atoms with Crippen molar-refractivity contribution in [3.05, 3.63) is 0 Å². The molecule has 6 nitrogen and oxygen atoms in total. The minimum atomic E-state index is -0.863. The van der Waals surface area contributed by atoms with E-state index in [-0.39, 0.29) is 24.5 Å². The Kier molecular flexibility index (Phi) is 4.79. The molecular formula is C12H20N2O4S. The number of carboxylic acids is 1. The Morgan fingerprint density at radius 3 is 2.58 bits per heavy atom. The lowest BCUT2D eigenvalue weighted by atomic mass is 10.1. The third kappa shape index (κ3) is 3.92. The molecule has 0 saturated carbocycles. The third-order valence-corrected chi connectivity index (χ3v) is 5.15. The maximum Gasteiger partial charge on any atom is 0.317 e. The quantitative estimate of drug-likeness (QED) is 0.794. The maximum absolute atomic E-state index is 12.1. The van der Waals surface area contributed by atoms with Crippen molar-refractivity contribution in [3.8, 4) is 0 Å². The van der Waals surface area contributed by atoms with Gasteiger partial charge < -0.3 is 15.3 Å². The number of aliphatic carboxylic acids is 1. The monoisotopic (exact) mass is 288 g/mol. The van der Waals surface area contributed by atoms with Crippen LogP contribution in [-0.4, -0.2) is 56.3 Å². The molecule has 1 unspecified atom stereocenters. The minimum absolute atomic E-state index is 0.0160. The number of carboxylic acid groups (broad SMARTS) is 1. The molecule has 0 aliphatic carbocycles. The average molecular weight is 288 g/mol. The van der Waals surface area contributed by atoms with Crippen LogP contribution < -0.4 is 5.32 Å². The standard InChI is InChI=1S/C12H20N2O4S/c15-11(16)8-10-2-1-5-14(10)12(17)13-9-3-6-19(18)7-4-9/h9-10H,1-8H2,(H,13,17)(H,15,16). The average Bonchev–Trinajstić information content (AvgIpc) is 2.79. The fourth-order valence-electron chi connectivity index (χ4n) is 2.71. The van der Waals surface area contributed by atoms with Crippen molar-refractivity contribution in [1.29, 1.82) is 0 Å². The first-order valence-electron chi connectivity index (χ1n) is 6.70. The second-order valence-corrected chi connectivity index (χ2v) is 6.86. The van der Waals surface area contributed by atoms with E-state index in [1.807, 2.05) is 0 Å². The minimum Gasteiger partial charge on any atom is -0.481 e. The van der Waals surface area contributed by atoms with Crippen molar-refractivity contribution < 1.29 is 18.9 Å². The van der Waals surface area contributed by atoms with E-state index in [4.69, 9.17) is 5.11 Å². The number of rotatable bonds is 3. The summed E-state index contributed by atoms with van der Waals surface area (Å²) in [5, 5.41) is 11.8. The highest BCUT2D eigenvalue weighted by Gasteiger charge is 2.31. The van der Waals surface area contributed by atoms with Gasteiger partial charge in [-0.05, 0) is 25.7 Å². The highest BCUT2D eigenvalue weighted by molar-refractivity contribution is 7.85. The first kappa shape index (κ1) is 14.3. The van der Waals surface area contributed by atoms with Gasteiger partial charge in [0.05, 0.1) is 6.42 Å². The molecule has 2 fully saturated rings. The van der Waals surface area contributed by atoms with Crippen LogP contribution in [0.5, 0.6) is 0 Å². The number of urea groups is 1. The second kappa shape index (κ2) is 6.36. The van der Waals surface area contributed by atoms with Crippen molar-refractivity contribution in [2.75, 3.05) is 18.1 Å². The van der Waals surface area contributed by atoms with E-state index >= 15 is 0 Å². The Morgan fingerprint density at radius 1 is 1.26 bits per heavy atom. The van der Waals surface area contributed by atoms with Gasteiger partial charge in [0.2, 0.25) is 0 Å². The van der Waals surface area contributed by atoms with Crippen molar-refractivity contribution in [3.63, 3.8) is 0 Å². The molecule has 2 N–H and O–H groups in total. The second-order valence-electron chi connectivity index (χ2n) is 5.16. The summed E-state index contributed by atoms with van der Waals surface area (Å²) >= 11 is 0. The lowest BCUT2D eigenvalue weighted by Gasteiger charge is -2.28. The molecule has 0 bridgehead atoms. The topological polar surface area (TPSA) is 86.7 Å². The largest absolute Gasteiger partial charge is 0.481 e. The van der Waals surface area contributed by atoms with Gasteiger partial charge in [0.15, 0.2) is 0 Å². The number of hydrogen-bond acceptors (Lipinski definition) is 3. The van der Waals surface area contributed by atoms with Crippen molar-refractivity contribution >= 4 is 22.8 Å². The van der Waals surface area contributed by atoms with Crippen molar-refractivity contribution in [1.82, 2.24) is 10.2 Å². The molecule has 0 radical (unpaired) electrons. The molecule has 108 valence electrons. The van der Waals surface area contributed by atoms with Gasteiger partial charge in [-0.1, -0.05) is 0 Å². The number of carbonyl (C=O) groups excluding carboxylic acids is 1. The fourth-order valence-corrected chi connectivity index (χ4v) is 4.01. The van der Waals surface area contributed by atoms with Crippen LogP contribution in [0, 0.1) is 0 Å². The van der Waals surface area contributed by atoms with Gasteiger partial charge in [-0.25, -0.2) is 4.79 Å². The third-order valence-electron chi connectivity index (χ3n) is 3.76. The molecule has 0 aromatic rings. The Balaban J connectivity index is 1.84. The summed E-state index contributed by atoms with van der Waals surface area (Å²) in [5.74, 6) is 0.422. The van der Waals surface area contributed by atoms with E-state index in [1.165, 1.54) is 0 Å². The summed E-state index contributed by atoms with van der Waals surface area (Å²) in [6.45, 7) is 0.627. The van der Waals surface area contributed by atoms with Gasteiger partial charge >= 0.3 is 12.0 Å². The summed E-state index contributed by atoms with van der Waals surface area (Å²) in [6.07, 6.45) is 3.13. The molecule has 0 spiro atoms. The molecule has 2 aliphatic rings. The molecule has 2 aliphatic heterocycles. The first-order valence-corrected chi connectivity index (χ1v) is 8.19. The Morgan fingerprint density at radius 2 is 1.95 bits per heavy atom. The van der Waals surface area contributed by atoms with E-state index in [2.05, 4.69) is 5.32 Å². The van der Waals surface area contributed by atoms with Crippen LogP contribution in [0.4, 0.5) is 4.79 Å². The van der Waals surface area contributed by atoms with Crippen molar-refractivity contribution in [2.24, 2.45) is 0 Å². The predicted molar refractivity (Wildman–Crippen MR) is 71.4 cm³/mol. The van der Waals surface area contributed by atoms with E-state index in [0.717, 1.165) is 25.7 Å². The summed E-state index contributed by atoms with van der Waals surface area (Å²) in [7, 11) is -0.735. The highest BCUT2D eigenvalue weighted by Crippen LogP contribution is 2.20. The molecule has 0 aromatic carbocycles. The molecule has 2 amide bonds. The Labute approximate surface area is 115 Å². The normalized spacial score (nSPS) is 31.2. The highest BCUT2D eigenvalue weighted by atomic mass is 32.2. The molecular weight excluding hydrogens is 268 g/mol. The van der Waals surface area contributed by atoms with Crippen LogP contribution in [-0.2, 0) is 15.6 Å². The summed E-state index contributed by atoms with van der Waals surface area (Å²) in [6, 6.07) is -0.270. The van der Waals surface area contributed by atoms with Crippen LogP contribution >= 0.6 is 0 Å². The Bertz CT molecular complexity index is 378. The molecule has 19 heavy (non-hydrogen) atoms. The first-order chi connectivity index (χ1) is 9.06. The van der Waals surface area contributed by atoms with E-state index in [0.29, 0.717) is 18.1 Å². The predicted octanol–water partition coefficient (Wildman–Crippen LogP) is 0.546. The smallest absolute Gasteiger partial charge is 0.317 e. The van der Waals surface area contributed by atoms with E-state index in [1.54, 1.807) is 4.90 Å². The number of nitrogens with zero attached hydrogens (tertiary/aromatic N) is 1. The number of nitrogens with one attached hydrogen (secondary N) is 1. The van der Waals surface area contributed by atoms with Gasteiger partial charge in [0.25, 0.3) is 0 Å². The Hall–Kier alpha value is -1.11. The molecule has 1 atom stereocenters. The molecule has 2 saturated heterocycles. The zero-order valence-electron chi connectivity index (χ0n) is 10.8. The van der Waals surface area contributed by atoms with Gasteiger partial charge in [-0.15, -0.1) is 0 Å². The zero-order valence-corrected chi connectivity index (χ0v) is 11.7. The summed E-state index contributed by atoms with van der Waals surface area (Å²) in [4.78, 5) is 24.5. The molecule has 2 heterocycles. The van der Waals surface area contributed by atoms with Crippen LogP contribution in [0.25, 0.3) is 0 Å². The lowest BCUT2D eigenvalue weighted by molar-refractivity contribution is -0.137. The van der Waals surface area contributed by atoms with Gasteiger partial charge in [0.1, 0.15) is 0 Å². The fraction of sp³-hybridized carbons (Fsp3) is 0.833. The number of likely N-dealkylation sites (tertiary alicyclic amines) is 1. The maximum atomic E-state index is 12.1. The summed E-state index contributed by atoms with van der Waals surface area (Å²) in [5.41, 5.74) is 0. The number of amides is 2. The zero-order chi connectivity index (χ0) is 13.8. The van der Waals surface area contributed by atoms with Gasteiger partial charge in [-0.3, -0.25) is 9.00 Å². The SMILES string of the molecule is O=C(O)CC1CCCN1C(=O)NC1CCS(=O)CC1. The van der Waals surface area contributed by atoms with E-state index in [9.17, 15) is 13.8 Å². The molecule has 7 heteroatoms. The molecule has 0 aromatic heterocycles. The van der Waals surface area contributed by atoms with Crippen LogP contribution in [0.1, 0.15) is 32.1 Å². The van der Waals surface area contributed by atoms with Crippen LogP contribution in [0.15, 0.2) is 0 Å². The number of hydrogen-bond donors (Lipinski definition) is 2. The van der Waals surface area contributed by atoms with Crippen LogP contribution in [0.2, 0.25) is 0 Å². The van der Waals surface area contributed by atoms with Crippen molar-refractivity contribution in [2.45, 2.75) is 44.2 Å². The van der Waals surface area contributed by atoms with E-state index < -0.39 is 16.8 Å².